The molecular formula is C18H25N3O3. The maximum absolute atomic E-state index is 12.4. The molecule has 0 spiro atoms. The lowest BCUT2D eigenvalue weighted by Gasteiger charge is -2.30. The van der Waals surface area contributed by atoms with E-state index in [9.17, 15) is 9.59 Å². The second kappa shape index (κ2) is 7.66. The number of rotatable bonds is 5. The van der Waals surface area contributed by atoms with Crippen LogP contribution < -0.4 is 16.0 Å². The van der Waals surface area contributed by atoms with Crippen LogP contribution in [0.5, 0.6) is 0 Å². The summed E-state index contributed by atoms with van der Waals surface area (Å²) in [7, 11) is 0. The Morgan fingerprint density at radius 3 is 2.67 bits per heavy atom. The Kier molecular flexibility index (Phi) is 5.35. The van der Waals surface area contributed by atoms with Crippen LogP contribution in [0.1, 0.15) is 48.9 Å². The Morgan fingerprint density at radius 1 is 1.21 bits per heavy atom. The van der Waals surface area contributed by atoms with Crippen molar-refractivity contribution in [3.05, 3.63) is 23.8 Å². The minimum atomic E-state index is -0.491. The van der Waals surface area contributed by atoms with Crippen LogP contribution in [0.4, 0.5) is 11.4 Å². The number of piperidine rings is 1. The van der Waals surface area contributed by atoms with E-state index in [1.165, 1.54) is 6.42 Å². The Balaban J connectivity index is 1.77. The highest BCUT2D eigenvalue weighted by Crippen LogP contribution is 2.30. The molecule has 6 nitrogen and oxygen atoms in total. The molecule has 0 bridgehead atoms. The monoisotopic (exact) mass is 331 g/mol. The van der Waals surface area contributed by atoms with Gasteiger partial charge in [0.05, 0.1) is 23.9 Å². The first-order chi connectivity index (χ1) is 11.6. The normalized spacial score (nSPS) is 20.8. The molecule has 24 heavy (non-hydrogen) atoms. The predicted molar refractivity (Wildman–Crippen MR) is 93.2 cm³/mol. The first-order valence-corrected chi connectivity index (χ1v) is 8.74. The van der Waals surface area contributed by atoms with Crippen LogP contribution >= 0.6 is 0 Å². The number of nitrogens with zero attached hydrogens (tertiary/aromatic N) is 1. The Bertz CT molecular complexity index is 606. The first kappa shape index (κ1) is 16.8. The Labute approximate surface area is 142 Å². The maximum atomic E-state index is 12.4. The molecule has 2 aliphatic heterocycles. The zero-order chi connectivity index (χ0) is 16.9. The first-order valence-electron chi connectivity index (χ1n) is 8.74. The van der Waals surface area contributed by atoms with Crippen molar-refractivity contribution < 1.29 is 14.3 Å². The van der Waals surface area contributed by atoms with E-state index >= 15 is 0 Å². The summed E-state index contributed by atoms with van der Waals surface area (Å²) in [6, 6.07) is 5.29. The minimum absolute atomic E-state index is 0.00256. The van der Waals surface area contributed by atoms with Gasteiger partial charge in [0.15, 0.2) is 0 Å². The van der Waals surface area contributed by atoms with Crippen molar-refractivity contribution in [3.8, 4) is 0 Å². The third-order valence-electron chi connectivity index (χ3n) is 4.69. The maximum Gasteiger partial charge on any atom is 0.248 e. The fourth-order valence-electron chi connectivity index (χ4n) is 3.41. The second-order valence-electron chi connectivity index (χ2n) is 6.53. The molecule has 0 saturated carbocycles. The molecule has 0 radical (unpaired) electrons. The SMILES string of the molecule is NC(=O)c1ccc(N2CCCCC2)c(NC(=O)C[C@H]2CCCO2)c1. The molecule has 2 aliphatic rings. The predicted octanol–water partition coefficient (Wildman–Crippen LogP) is 2.28. The van der Waals surface area contributed by atoms with Crippen LogP contribution in [0.2, 0.25) is 0 Å². The summed E-state index contributed by atoms with van der Waals surface area (Å²) in [5, 5.41) is 2.96. The summed E-state index contributed by atoms with van der Waals surface area (Å²) >= 11 is 0. The lowest BCUT2D eigenvalue weighted by molar-refractivity contribution is -0.118. The smallest absolute Gasteiger partial charge is 0.248 e. The summed E-state index contributed by atoms with van der Waals surface area (Å²) in [6.45, 7) is 2.66. The number of ether oxygens (including phenoxy) is 1. The highest BCUT2D eigenvalue weighted by Gasteiger charge is 2.21. The molecule has 130 valence electrons. The number of anilines is 2. The zero-order valence-corrected chi connectivity index (χ0v) is 13.9. The van der Waals surface area contributed by atoms with Gasteiger partial charge in [0.25, 0.3) is 0 Å². The summed E-state index contributed by atoms with van der Waals surface area (Å²) in [6.07, 6.45) is 5.79. The van der Waals surface area contributed by atoms with Gasteiger partial charge >= 0.3 is 0 Å². The van der Waals surface area contributed by atoms with E-state index < -0.39 is 5.91 Å². The number of nitrogens with one attached hydrogen (secondary N) is 1. The van der Waals surface area contributed by atoms with Crippen LogP contribution in [0, 0.1) is 0 Å². The average molecular weight is 331 g/mol. The summed E-state index contributed by atoms with van der Waals surface area (Å²) < 4.78 is 5.52. The fourth-order valence-corrected chi connectivity index (χ4v) is 3.41. The van der Waals surface area contributed by atoms with Gasteiger partial charge in [0.1, 0.15) is 0 Å². The van der Waals surface area contributed by atoms with Gasteiger partial charge in [-0.3, -0.25) is 9.59 Å². The van der Waals surface area contributed by atoms with Gasteiger partial charge in [-0.05, 0) is 50.3 Å². The number of carbonyl (C=O) groups excluding carboxylic acids is 2. The van der Waals surface area contributed by atoms with Crippen LogP contribution in [0.3, 0.4) is 0 Å². The van der Waals surface area contributed by atoms with Gasteiger partial charge in [-0.15, -0.1) is 0 Å². The van der Waals surface area contributed by atoms with E-state index in [0.717, 1.165) is 51.1 Å². The van der Waals surface area contributed by atoms with Crippen molar-refractivity contribution in [2.75, 3.05) is 29.9 Å². The number of hydrogen-bond acceptors (Lipinski definition) is 4. The van der Waals surface area contributed by atoms with Gasteiger partial charge in [-0.25, -0.2) is 0 Å². The van der Waals surface area contributed by atoms with Crippen molar-refractivity contribution >= 4 is 23.2 Å². The summed E-state index contributed by atoms with van der Waals surface area (Å²) in [5.41, 5.74) is 7.42. The fraction of sp³-hybridized carbons (Fsp3) is 0.556. The van der Waals surface area contributed by atoms with Gasteiger partial charge in [-0.1, -0.05) is 0 Å². The summed E-state index contributed by atoms with van der Waals surface area (Å²) in [5.74, 6) is -0.573. The average Bonchev–Trinajstić information content (AvgIpc) is 3.08. The van der Waals surface area contributed by atoms with E-state index in [4.69, 9.17) is 10.5 Å². The highest BCUT2D eigenvalue weighted by molar-refractivity contribution is 5.99. The van der Waals surface area contributed by atoms with Crippen LogP contribution in [-0.2, 0) is 9.53 Å². The van der Waals surface area contributed by atoms with Crippen molar-refractivity contribution in [3.63, 3.8) is 0 Å². The topological polar surface area (TPSA) is 84.7 Å². The number of nitrogens with two attached hydrogens (primary N) is 1. The number of carbonyl (C=O) groups is 2. The molecule has 3 rings (SSSR count). The standard InChI is InChI=1S/C18H25N3O3/c19-18(23)13-6-7-16(21-8-2-1-3-9-21)15(11-13)20-17(22)12-14-5-4-10-24-14/h6-7,11,14H,1-5,8-10,12H2,(H2,19,23)(H,20,22)/t14-/m1/s1. The van der Waals surface area contributed by atoms with Gasteiger partial charge in [0.2, 0.25) is 11.8 Å². The lowest BCUT2D eigenvalue weighted by atomic mass is 10.1. The molecule has 2 saturated heterocycles. The van der Waals surface area contributed by atoms with E-state index in [-0.39, 0.29) is 12.0 Å². The van der Waals surface area contributed by atoms with Crippen molar-refractivity contribution in [1.82, 2.24) is 0 Å². The van der Waals surface area contributed by atoms with Crippen LogP contribution in [0.15, 0.2) is 18.2 Å². The van der Waals surface area contributed by atoms with Crippen molar-refractivity contribution in [1.29, 1.82) is 0 Å². The third kappa shape index (κ3) is 4.06. The molecule has 6 heteroatoms. The molecule has 0 aromatic heterocycles. The largest absolute Gasteiger partial charge is 0.378 e. The number of benzene rings is 1. The summed E-state index contributed by atoms with van der Waals surface area (Å²) in [4.78, 5) is 26.1. The highest BCUT2D eigenvalue weighted by atomic mass is 16.5. The van der Waals surface area contributed by atoms with Gasteiger partial charge in [-0.2, -0.15) is 0 Å². The van der Waals surface area contributed by atoms with Crippen LogP contribution in [-0.4, -0.2) is 37.6 Å². The lowest BCUT2D eigenvalue weighted by Crippen LogP contribution is -2.31. The number of hydrogen-bond donors (Lipinski definition) is 2. The molecule has 0 unspecified atom stereocenters. The van der Waals surface area contributed by atoms with E-state index in [1.807, 2.05) is 6.07 Å². The number of primary amides is 1. The van der Waals surface area contributed by atoms with E-state index in [0.29, 0.717) is 17.7 Å². The zero-order valence-electron chi connectivity index (χ0n) is 13.9. The number of amides is 2. The molecule has 1 atom stereocenters. The molecule has 1 aromatic carbocycles. The van der Waals surface area contributed by atoms with Crippen molar-refractivity contribution in [2.45, 2.75) is 44.6 Å². The Hall–Kier alpha value is -2.08. The van der Waals surface area contributed by atoms with E-state index in [1.54, 1.807) is 12.1 Å². The molecule has 3 N–H and O–H groups in total. The molecule has 1 aromatic rings. The molecule has 2 fully saturated rings. The van der Waals surface area contributed by atoms with Crippen LogP contribution in [0.25, 0.3) is 0 Å². The van der Waals surface area contributed by atoms with Gasteiger partial charge < -0.3 is 20.7 Å². The second-order valence-corrected chi connectivity index (χ2v) is 6.53. The molecule has 0 aliphatic carbocycles. The third-order valence-corrected chi connectivity index (χ3v) is 4.69. The minimum Gasteiger partial charge on any atom is -0.378 e. The molecular weight excluding hydrogens is 306 g/mol. The van der Waals surface area contributed by atoms with E-state index in [2.05, 4.69) is 10.2 Å². The molecule has 2 amide bonds. The van der Waals surface area contributed by atoms with Gasteiger partial charge in [0, 0.05) is 25.3 Å². The molecule has 2 heterocycles. The Morgan fingerprint density at radius 2 is 2.00 bits per heavy atom. The quantitative estimate of drug-likeness (QED) is 0.867. The van der Waals surface area contributed by atoms with Crippen molar-refractivity contribution in [2.24, 2.45) is 5.73 Å².